The zero-order valence-electron chi connectivity index (χ0n) is 14.0. The first-order valence-electron chi connectivity index (χ1n) is 7.84. The number of nitrogens with one attached hydrogen (secondary N) is 2. The summed E-state index contributed by atoms with van der Waals surface area (Å²) in [7, 11) is 0. The van der Waals surface area contributed by atoms with Crippen LogP contribution in [0.2, 0.25) is 5.02 Å². The summed E-state index contributed by atoms with van der Waals surface area (Å²) in [6, 6.07) is 11.4. The van der Waals surface area contributed by atoms with Crippen LogP contribution in [0.15, 0.2) is 42.5 Å². The van der Waals surface area contributed by atoms with Crippen LogP contribution < -0.4 is 20.1 Å². The van der Waals surface area contributed by atoms with E-state index in [9.17, 15) is 10.1 Å². The lowest BCUT2D eigenvalue weighted by Gasteiger charge is -2.12. The molecule has 26 heavy (non-hydrogen) atoms. The molecule has 9 heteroatoms. The van der Waals surface area contributed by atoms with E-state index in [1.54, 1.807) is 0 Å². The van der Waals surface area contributed by atoms with Crippen molar-refractivity contribution in [3.8, 4) is 11.5 Å². The SMILES string of the molecule is CCOc1ccc(OCCNC(=S)Nc2cc([N+](=O)[O-])ccc2Cl)cc1. The number of ether oxygens (including phenoxy) is 2. The van der Waals surface area contributed by atoms with Gasteiger partial charge in [-0.1, -0.05) is 11.6 Å². The van der Waals surface area contributed by atoms with Gasteiger partial charge in [-0.3, -0.25) is 10.1 Å². The zero-order valence-corrected chi connectivity index (χ0v) is 15.6. The smallest absolute Gasteiger partial charge is 0.271 e. The van der Waals surface area contributed by atoms with Gasteiger partial charge in [-0.05, 0) is 49.5 Å². The molecule has 0 heterocycles. The van der Waals surface area contributed by atoms with E-state index in [-0.39, 0.29) is 5.69 Å². The van der Waals surface area contributed by atoms with Gasteiger partial charge in [0.25, 0.3) is 5.69 Å². The quantitative estimate of drug-likeness (QED) is 0.302. The maximum Gasteiger partial charge on any atom is 0.271 e. The average Bonchev–Trinajstić information content (AvgIpc) is 2.62. The summed E-state index contributed by atoms with van der Waals surface area (Å²) in [5.41, 5.74) is 0.296. The van der Waals surface area contributed by atoms with Crippen LogP contribution in [-0.2, 0) is 0 Å². The Morgan fingerprint density at radius 3 is 2.46 bits per heavy atom. The zero-order chi connectivity index (χ0) is 18.9. The minimum atomic E-state index is -0.497. The molecule has 2 N–H and O–H groups in total. The Bertz CT molecular complexity index is 771. The standard InChI is InChI=1S/C17H18ClN3O4S/c1-2-24-13-4-6-14(7-5-13)25-10-9-19-17(26)20-16-11-12(21(22)23)3-8-15(16)18/h3-8,11H,2,9-10H2,1H3,(H2,19,20,26). The number of hydrogen-bond acceptors (Lipinski definition) is 5. The third-order valence-electron chi connectivity index (χ3n) is 3.20. The number of nitro benzene ring substituents is 1. The maximum atomic E-state index is 10.8. The van der Waals surface area contributed by atoms with E-state index >= 15 is 0 Å². The van der Waals surface area contributed by atoms with Gasteiger partial charge in [-0.25, -0.2) is 0 Å². The third-order valence-corrected chi connectivity index (χ3v) is 3.78. The Morgan fingerprint density at radius 2 is 1.85 bits per heavy atom. The molecule has 0 radical (unpaired) electrons. The van der Waals surface area contributed by atoms with E-state index in [0.29, 0.717) is 35.6 Å². The van der Waals surface area contributed by atoms with Crippen molar-refractivity contribution in [2.24, 2.45) is 0 Å². The summed E-state index contributed by atoms with van der Waals surface area (Å²) in [5.74, 6) is 1.51. The number of thiocarbonyl (C=S) groups is 1. The van der Waals surface area contributed by atoms with Gasteiger partial charge >= 0.3 is 0 Å². The number of hydrogen-bond donors (Lipinski definition) is 2. The second-order valence-corrected chi connectivity index (χ2v) is 5.87. The third kappa shape index (κ3) is 6.05. The molecule has 0 spiro atoms. The number of nitro groups is 1. The molecule has 2 rings (SSSR count). The summed E-state index contributed by atoms with van der Waals surface area (Å²) in [5, 5.41) is 17.2. The molecule has 0 unspecified atom stereocenters. The second kappa shape index (κ2) is 9.79. The van der Waals surface area contributed by atoms with Crippen LogP contribution in [0.3, 0.4) is 0 Å². The molecule has 7 nitrogen and oxygen atoms in total. The fourth-order valence-electron chi connectivity index (χ4n) is 2.02. The molecule has 0 aliphatic carbocycles. The van der Waals surface area contributed by atoms with Crippen LogP contribution in [0.5, 0.6) is 11.5 Å². The number of nitrogens with zero attached hydrogens (tertiary/aromatic N) is 1. The number of halogens is 1. The van der Waals surface area contributed by atoms with E-state index in [4.69, 9.17) is 33.3 Å². The highest BCUT2D eigenvalue weighted by Gasteiger charge is 2.10. The Labute approximate surface area is 161 Å². The monoisotopic (exact) mass is 395 g/mol. The molecule has 0 amide bonds. The lowest BCUT2D eigenvalue weighted by atomic mass is 10.3. The molecule has 0 saturated carbocycles. The van der Waals surface area contributed by atoms with Crippen molar-refractivity contribution in [2.45, 2.75) is 6.92 Å². The number of rotatable bonds is 8. The molecule has 0 saturated heterocycles. The van der Waals surface area contributed by atoms with Gasteiger partial charge in [-0.15, -0.1) is 0 Å². The van der Waals surface area contributed by atoms with Gasteiger partial charge in [0, 0.05) is 12.1 Å². The van der Waals surface area contributed by atoms with E-state index in [1.165, 1.54) is 18.2 Å². The predicted octanol–water partition coefficient (Wildman–Crippen LogP) is 4.01. The van der Waals surface area contributed by atoms with Gasteiger partial charge in [0.1, 0.15) is 18.1 Å². The van der Waals surface area contributed by atoms with Crippen molar-refractivity contribution >= 4 is 40.3 Å². The molecule has 0 bridgehead atoms. The molecule has 0 aliphatic rings. The van der Waals surface area contributed by atoms with Gasteiger partial charge in [0.05, 0.1) is 28.8 Å². The van der Waals surface area contributed by atoms with Crippen LogP contribution in [0.25, 0.3) is 0 Å². The summed E-state index contributed by atoms with van der Waals surface area (Å²) in [6.45, 7) is 3.38. The first-order chi connectivity index (χ1) is 12.5. The molecule has 0 aliphatic heterocycles. The second-order valence-electron chi connectivity index (χ2n) is 5.06. The summed E-state index contributed by atoms with van der Waals surface area (Å²) >= 11 is 11.2. The normalized spacial score (nSPS) is 10.1. The maximum absolute atomic E-state index is 10.8. The molecular formula is C17H18ClN3O4S. The van der Waals surface area contributed by atoms with Crippen molar-refractivity contribution in [1.29, 1.82) is 0 Å². The largest absolute Gasteiger partial charge is 0.494 e. The van der Waals surface area contributed by atoms with Crippen LogP contribution in [0, 0.1) is 10.1 Å². The van der Waals surface area contributed by atoms with Crippen molar-refractivity contribution in [1.82, 2.24) is 5.32 Å². The first-order valence-corrected chi connectivity index (χ1v) is 8.62. The van der Waals surface area contributed by atoms with Crippen molar-refractivity contribution in [3.05, 3.63) is 57.6 Å². The van der Waals surface area contributed by atoms with Gasteiger partial charge in [0.15, 0.2) is 5.11 Å². The Kier molecular flexibility index (Phi) is 7.43. The van der Waals surface area contributed by atoms with Crippen LogP contribution in [-0.4, -0.2) is 29.8 Å². The summed E-state index contributed by atoms with van der Waals surface area (Å²) in [4.78, 5) is 10.3. The molecule has 2 aromatic rings. The number of non-ortho nitro benzene ring substituents is 1. The fourth-order valence-corrected chi connectivity index (χ4v) is 2.40. The van der Waals surface area contributed by atoms with Crippen molar-refractivity contribution in [2.75, 3.05) is 25.1 Å². The summed E-state index contributed by atoms with van der Waals surface area (Å²) in [6.07, 6.45) is 0. The van der Waals surface area contributed by atoms with Crippen molar-refractivity contribution < 1.29 is 14.4 Å². The minimum Gasteiger partial charge on any atom is -0.494 e. The molecular weight excluding hydrogens is 378 g/mol. The topological polar surface area (TPSA) is 85.7 Å². The van der Waals surface area contributed by atoms with E-state index in [2.05, 4.69) is 10.6 Å². The van der Waals surface area contributed by atoms with Gasteiger partial charge in [-0.2, -0.15) is 0 Å². The molecule has 0 aromatic heterocycles. The van der Waals surface area contributed by atoms with Gasteiger partial charge in [0.2, 0.25) is 0 Å². The Balaban J connectivity index is 1.77. The predicted molar refractivity (Wildman–Crippen MR) is 105 cm³/mol. The molecule has 0 fully saturated rings. The number of benzene rings is 2. The Morgan fingerprint density at radius 1 is 1.19 bits per heavy atom. The van der Waals surface area contributed by atoms with Gasteiger partial charge < -0.3 is 20.1 Å². The van der Waals surface area contributed by atoms with E-state index in [0.717, 1.165) is 11.5 Å². The molecule has 138 valence electrons. The minimum absolute atomic E-state index is 0.0708. The highest BCUT2D eigenvalue weighted by Crippen LogP contribution is 2.26. The van der Waals surface area contributed by atoms with Crippen LogP contribution in [0.1, 0.15) is 6.92 Å². The van der Waals surface area contributed by atoms with Crippen molar-refractivity contribution in [3.63, 3.8) is 0 Å². The molecule has 2 aromatic carbocycles. The molecule has 0 atom stereocenters. The fraction of sp³-hybridized carbons (Fsp3) is 0.235. The van der Waals surface area contributed by atoms with E-state index in [1.807, 2.05) is 31.2 Å². The van der Waals surface area contributed by atoms with Crippen LogP contribution in [0.4, 0.5) is 11.4 Å². The average molecular weight is 396 g/mol. The highest BCUT2D eigenvalue weighted by molar-refractivity contribution is 7.80. The first kappa shape index (κ1) is 19.7. The summed E-state index contributed by atoms with van der Waals surface area (Å²) < 4.78 is 11.0. The van der Waals surface area contributed by atoms with E-state index < -0.39 is 4.92 Å². The Hall–Kier alpha value is -2.58. The van der Waals surface area contributed by atoms with Crippen LogP contribution >= 0.6 is 23.8 Å². The highest BCUT2D eigenvalue weighted by atomic mass is 35.5. The number of anilines is 1. The lowest BCUT2D eigenvalue weighted by molar-refractivity contribution is -0.384. The lowest BCUT2D eigenvalue weighted by Crippen LogP contribution is -2.32.